The first-order valence-electron chi connectivity index (χ1n) is 11.1. The Labute approximate surface area is 199 Å². The number of hydrogen-bond donors (Lipinski definition) is 1. The molecular weight excluding hydrogens is 432 g/mol. The number of nitrogens with one attached hydrogen (secondary N) is 1. The molecule has 2 atom stereocenters. The first kappa shape index (κ1) is 23.2. The molecule has 0 amide bonds. The van der Waals surface area contributed by atoms with E-state index in [1.165, 1.54) is 0 Å². The van der Waals surface area contributed by atoms with Crippen LogP contribution in [0.1, 0.15) is 36.3 Å². The molecule has 0 fully saturated rings. The minimum Gasteiger partial charge on any atom is -0.493 e. The molecule has 0 saturated heterocycles. The van der Waals surface area contributed by atoms with Gasteiger partial charge in [-0.25, -0.2) is 0 Å². The maximum atomic E-state index is 9.99. The standard InChI is InChI=1S/C27H28N2O5/c1-30-21-12-6-9-17(25(21)32-3)14-16-8-5-10-18-23(20(15-28)27(29)34-24(16)18)19-11-7-13-22(31-2)26(19)33-4/h6-7,9,11-14,20,23,29H,5,8,10H2,1-4H3/b16-14-,29-27?. The van der Waals surface area contributed by atoms with Crippen LogP contribution in [0.25, 0.3) is 6.08 Å². The van der Waals surface area contributed by atoms with Gasteiger partial charge in [0.05, 0.1) is 34.5 Å². The van der Waals surface area contributed by atoms with Crippen molar-refractivity contribution in [1.29, 1.82) is 10.7 Å². The lowest BCUT2D eigenvalue weighted by Crippen LogP contribution is -2.32. The Hall–Kier alpha value is -3.92. The second kappa shape index (κ2) is 9.92. The number of hydrogen-bond acceptors (Lipinski definition) is 7. The minimum atomic E-state index is -0.759. The SMILES string of the molecule is COc1cccc(/C=C2/CCCC3=C2OC(=N)C(C#N)C3c2cccc(OC)c2OC)c1OC. The summed E-state index contributed by atoms with van der Waals surface area (Å²) in [5.74, 6) is 1.89. The molecule has 2 aromatic carbocycles. The quantitative estimate of drug-likeness (QED) is 0.614. The molecule has 1 aliphatic carbocycles. The molecule has 0 radical (unpaired) electrons. The predicted octanol–water partition coefficient (Wildman–Crippen LogP) is 5.47. The molecule has 0 bridgehead atoms. The zero-order valence-corrected chi connectivity index (χ0v) is 19.8. The van der Waals surface area contributed by atoms with Gasteiger partial charge in [-0.3, -0.25) is 5.41 Å². The summed E-state index contributed by atoms with van der Waals surface area (Å²) < 4.78 is 28.3. The summed E-state index contributed by atoms with van der Waals surface area (Å²) >= 11 is 0. The normalized spacial score (nSPS) is 20.8. The van der Waals surface area contributed by atoms with Gasteiger partial charge in [0.1, 0.15) is 11.7 Å². The summed E-state index contributed by atoms with van der Waals surface area (Å²) in [6, 6.07) is 13.6. The van der Waals surface area contributed by atoms with Gasteiger partial charge < -0.3 is 23.7 Å². The van der Waals surface area contributed by atoms with Gasteiger partial charge in [0, 0.05) is 17.0 Å². The highest BCUT2D eigenvalue weighted by molar-refractivity contribution is 5.85. The molecule has 2 aromatic rings. The maximum absolute atomic E-state index is 9.99. The van der Waals surface area contributed by atoms with Crippen LogP contribution in [0.3, 0.4) is 0 Å². The second-order valence-corrected chi connectivity index (χ2v) is 8.09. The molecule has 7 nitrogen and oxygen atoms in total. The van der Waals surface area contributed by atoms with Crippen LogP contribution in [0.4, 0.5) is 0 Å². The van der Waals surface area contributed by atoms with Crippen LogP contribution in [0.5, 0.6) is 23.0 Å². The van der Waals surface area contributed by atoms with E-state index < -0.39 is 5.92 Å². The second-order valence-electron chi connectivity index (χ2n) is 8.09. The van der Waals surface area contributed by atoms with E-state index in [9.17, 15) is 5.26 Å². The molecule has 176 valence electrons. The molecule has 4 rings (SSSR count). The van der Waals surface area contributed by atoms with Crippen molar-refractivity contribution in [3.8, 4) is 29.1 Å². The van der Waals surface area contributed by atoms with Gasteiger partial charge in [0.2, 0.25) is 5.90 Å². The lowest BCUT2D eigenvalue weighted by atomic mass is 9.73. The Morgan fingerprint density at radius 1 is 0.941 bits per heavy atom. The number of allylic oxidation sites excluding steroid dienone is 2. The third kappa shape index (κ3) is 3.96. The van der Waals surface area contributed by atoms with E-state index in [1.54, 1.807) is 28.4 Å². The molecule has 2 unspecified atom stereocenters. The number of benzene rings is 2. The van der Waals surface area contributed by atoms with E-state index in [0.717, 1.165) is 41.5 Å². The van der Waals surface area contributed by atoms with Crippen LogP contribution in [0.15, 0.2) is 53.3 Å². The zero-order valence-electron chi connectivity index (χ0n) is 19.8. The maximum Gasteiger partial charge on any atom is 0.205 e. The van der Waals surface area contributed by atoms with Gasteiger partial charge >= 0.3 is 0 Å². The van der Waals surface area contributed by atoms with Gasteiger partial charge in [0.15, 0.2) is 23.0 Å². The Kier molecular flexibility index (Phi) is 6.78. The lowest BCUT2D eigenvalue weighted by Gasteiger charge is -2.36. The molecule has 34 heavy (non-hydrogen) atoms. The number of rotatable bonds is 6. The molecule has 0 aromatic heterocycles. The molecule has 0 saturated carbocycles. The zero-order chi connectivity index (χ0) is 24.2. The lowest BCUT2D eigenvalue weighted by molar-refractivity contribution is 0.324. The Morgan fingerprint density at radius 2 is 1.62 bits per heavy atom. The van der Waals surface area contributed by atoms with E-state index in [0.29, 0.717) is 28.8 Å². The molecule has 1 N–H and O–H groups in total. The van der Waals surface area contributed by atoms with Crippen molar-refractivity contribution in [2.45, 2.75) is 25.2 Å². The minimum absolute atomic E-state index is 0.0680. The highest BCUT2D eigenvalue weighted by Crippen LogP contribution is 2.50. The van der Waals surface area contributed by atoms with E-state index in [4.69, 9.17) is 29.1 Å². The fourth-order valence-corrected chi connectivity index (χ4v) is 4.86. The summed E-state index contributed by atoms with van der Waals surface area (Å²) in [5, 5.41) is 18.6. The van der Waals surface area contributed by atoms with Crippen molar-refractivity contribution in [2.24, 2.45) is 5.92 Å². The van der Waals surface area contributed by atoms with E-state index >= 15 is 0 Å². The van der Waals surface area contributed by atoms with E-state index in [1.807, 2.05) is 42.5 Å². The molecule has 0 spiro atoms. The van der Waals surface area contributed by atoms with Gasteiger partial charge in [-0.05, 0) is 48.6 Å². The highest BCUT2D eigenvalue weighted by atomic mass is 16.5. The van der Waals surface area contributed by atoms with Gasteiger partial charge in [0.25, 0.3) is 0 Å². The topological polar surface area (TPSA) is 93.8 Å². The van der Waals surface area contributed by atoms with Gasteiger partial charge in [-0.15, -0.1) is 0 Å². The van der Waals surface area contributed by atoms with Crippen LogP contribution in [0.2, 0.25) is 0 Å². The number of methoxy groups -OCH3 is 4. The van der Waals surface area contributed by atoms with Crippen molar-refractivity contribution in [1.82, 2.24) is 0 Å². The smallest absolute Gasteiger partial charge is 0.205 e. The molecule has 2 aliphatic rings. The average Bonchev–Trinajstić information content (AvgIpc) is 2.87. The fraction of sp³-hybridized carbons (Fsp3) is 0.333. The molecular formula is C27H28N2O5. The van der Waals surface area contributed by atoms with Crippen LogP contribution in [-0.4, -0.2) is 34.3 Å². The van der Waals surface area contributed by atoms with Crippen LogP contribution >= 0.6 is 0 Å². The summed E-state index contributed by atoms with van der Waals surface area (Å²) in [7, 11) is 6.39. The largest absolute Gasteiger partial charge is 0.493 e. The van der Waals surface area contributed by atoms with Crippen LogP contribution in [0, 0.1) is 22.7 Å². The number of nitrogens with zero attached hydrogens (tertiary/aromatic N) is 1. The Bertz CT molecular complexity index is 1210. The Morgan fingerprint density at radius 3 is 2.26 bits per heavy atom. The van der Waals surface area contributed by atoms with Crippen LogP contribution < -0.4 is 18.9 Å². The third-order valence-corrected chi connectivity index (χ3v) is 6.35. The van der Waals surface area contributed by atoms with Gasteiger partial charge in [-0.1, -0.05) is 24.3 Å². The molecule has 1 aliphatic heterocycles. The van der Waals surface area contributed by atoms with Crippen LogP contribution in [-0.2, 0) is 4.74 Å². The molecule has 1 heterocycles. The number of nitriles is 1. The van der Waals surface area contributed by atoms with Crippen molar-refractivity contribution in [3.63, 3.8) is 0 Å². The highest BCUT2D eigenvalue weighted by Gasteiger charge is 2.42. The summed E-state index contributed by atoms with van der Waals surface area (Å²) in [6.45, 7) is 0. The monoisotopic (exact) mass is 460 g/mol. The van der Waals surface area contributed by atoms with Crippen molar-refractivity contribution >= 4 is 12.0 Å². The number of para-hydroxylation sites is 2. The average molecular weight is 461 g/mol. The summed E-state index contributed by atoms with van der Waals surface area (Å²) in [6.07, 6.45) is 4.47. The first-order chi connectivity index (χ1) is 16.6. The fourth-order valence-electron chi connectivity index (χ4n) is 4.86. The summed E-state index contributed by atoms with van der Waals surface area (Å²) in [5.41, 5.74) is 3.63. The first-order valence-corrected chi connectivity index (χ1v) is 11.1. The van der Waals surface area contributed by atoms with Crippen molar-refractivity contribution < 1.29 is 23.7 Å². The van der Waals surface area contributed by atoms with Crippen molar-refractivity contribution in [2.75, 3.05) is 28.4 Å². The van der Waals surface area contributed by atoms with E-state index in [2.05, 4.69) is 6.07 Å². The van der Waals surface area contributed by atoms with E-state index in [-0.39, 0.29) is 11.8 Å². The third-order valence-electron chi connectivity index (χ3n) is 6.35. The predicted molar refractivity (Wildman–Crippen MR) is 129 cm³/mol. The van der Waals surface area contributed by atoms with Gasteiger partial charge in [-0.2, -0.15) is 5.26 Å². The number of ether oxygens (including phenoxy) is 5. The van der Waals surface area contributed by atoms with Crippen molar-refractivity contribution in [3.05, 3.63) is 64.4 Å². The Balaban J connectivity index is 1.90. The summed E-state index contributed by atoms with van der Waals surface area (Å²) in [4.78, 5) is 0. The molecule has 7 heteroatoms.